The van der Waals surface area contributed by atoms with Crippen molar-refractivity contribution in [3.8, 4) is 0 Å². The number of benzene rings is 1. The highest BCUT2D eigenvalue weighted by atomic mass is 16.1. The molecule has 17 heavy (non-hydrogen) atoms. The van der Waals surface area contributed by atoms with E-state index in [2.05, 4.69) is 11.0 Å². The highest BCUT2D eigenvalue weighted by molar-refractivity contribution is 6.02. The van der Waals surface area contributed by atoms with Crippen molar-refractivity contribution < 1.29 is 4.79 Å². The van der Waals surface area contributed by atoms with Gasteiger partial charge in [0, 0.05) is 18.0 Å². The highest BCUT2D eigenvalue weighted by Gasteiger charge is 2.31. The lowest BCUT2D eigenvalue weighted by Gasteiger charge is -2.28. The van der Waals surface area contributed by atoms with Crippen LogP contribution in [0.2, 0.25) is 0 Å². The SMILES string of the molecule is O=C1c2ccccc2C[C@H]1CN1CCCCC1. The number of fused-ring (bicyclic) bond motifs is 1. The second kappa shape index (κ2) is 4.61. The van der Waals surface area contributed by atoms with E-state index in [0.717, 1.165) is 18.5 Å². The van der Waals surface area contributed by atoms with Gasteiger partial charge in [0.05, 0.1) is 0 Å². The lowest BCUT2D eigenvalue weighted by molar-refractivity contribution is 0.0889. The van der Waals surface area contributed by atoms with Gasteiger partial charge in [-0.1, -0.05) is 30.7 Å². The second-order valence-corrected chi connectivity index (χ2v) is 5.28. The molecule has 0 N–H and O–H groups in total. The van der Waals surface area contributed by atoms with Crippen LogP contribution in [0.5, 0.6) is 0 Å². The van der Waals surface area contributed by atoms with Gasteiger partial charge in [0.2, 0.25) is 0 Å². The lowest BCUT2D eigenvalue weighted by Crippen LogP contribution is -2.35. The molecule has 0 aromatic heterocycles. The van der Waals surface area contributed by atoms with Crippen molar-refractivity contribution in [2.24, 2.45) is 5.92 Å². The molecule has 0 bridgehead atoms. The van der Waals surface area contributed by atoms with Gasteiger partial charge in [0.15, 0.2) is 5.78 Å². The van der Waals surface area contributed by atoms with Crippen LogP contribution in [0, 0.1) is 5.92 Å². The molecule has 2 heteroatoms. The maximum Gasteiger partial charge on any atom is 0.167 e. The van der Waals surface area contributed by atoms with E-state index in [0.29, 0.717) is 5.78 Å². The molecule has 1 fully saturated rings. The Morgan fingerprint density at radius 2 is 1.88 bits per heavy atom. The standard InChI is InChI=1S/C15H19NO/c17-15-13(11-16-8-4-1-5-9-16)10-12-6-2-3-7-14(12)15/h2-3,6-7,13H,1,4-5,8-11H2/t13-/m0/s1. The van der Waals surface area contributed by atoms with Crippen molar-refractivity contribution in [1.82, 2.24) is 4.90 Å². The highest BCUT2D eigenvalue weighted by Crippen LogP contribution is 2.27. The van der Waals surface area contributed by atoms with E-state index in [1.165, 1.54) is 37.9 Å². The molecule has 1 aliphatic carbocycles. The molecule has 1 aromatic rings. The van der Waals surface area contributed by atoms with Crippen LogP contribution in [-0.4, -0.2) is 30.3 Å². The number of carbonyl (C=O) groups is 1. The number of likely N-dealkylation sites (tertiary alicyclic amines) is 1. The Balaban J connectivity index is 1.69. The third-order valence-electron chi connectivity index (χ3n) is 4.05. The smallest absolute Gasteiger partial charge is 0.167 e. The lowest BCUT2D eigenvalue weighted by atomic mass is 10.0. The van der Waals surface area contributed by atoms with Crippen LogP contribution in [0.1, 0.15) is 35.2 Å². The van der Waals surface area contributed by atoms with Crippen LogP contribution in [0.15, 0.2) is 24.3 Å². The Morgan fingerprint density at radius 3 is 2.65 bits per heavy atom. The van der Waals surface area contributed by atoms with E-state index in [1.54, 1.807) is 0 Å². The average molecular weight is 229 g/mol. The normalized spacial score (nSPS) is 24.9. The Labute approximate surface area is 103 Å². The van der Waals surface area contributed by atoms with Crippen LogP contribution < -0.4 is 0 Å². The van der Waals surface area contributed by atoms with E-state index >= 15 is 0 Å². The van der Waals surface area contributed by atoms with E-state index < -0.39 is 0 Å². The Hall–Kier alpha value is -1.15. The summed E-state index contributed by atoms with van der Waals surface area (Å²) in [6, 6.07) is 8.09. The van der Waals surface area contributed by atoms with Gasteiger partial charge in [-0.15, -0.1) is 0 Å². The van der Waals surface area contributed by atoms with Gasteiger partial charge in [-0.05, 0) is 37.9 Å². The summed E-state index contributed by atoms with van der Waals surface area (Å²) in [5, 5.41) is 0. The summed E-state index contributed by atoms with van der Waals surface area (Å²) in [7, 11) is 0. The van der Waals surface area contributed by atoms with Crippen molar-refractivity contribution in [1.29, 1.82) is 0 Å². The molecule has 0 spiro atoms. The molecule has 1 aromatic carbocycles. The summed E-state index contributed by atoms with van der Waals surface area (Å²) in [5.41, 5.74) is 2.22. The fraction of sp³-hybridized carbons (Fsp3) is 0.533. The molecular weight excluding hydrogens is 210 g/mol. The molecule has 90 valence electrons. The van der Waals surface area contributed by atoms with E-state index in [9.17, 15) is 4.79 Å². The number of hydrogen-bond acceptors (Lipinski definition) is 2. The topological polar surface area (TPSA) is 20.3 Å². The van der Waals surface area contributed by atoms with Gasteiger partial charge in [-0.3, -0.25) is 4.79 Å². The van der Waals surface area contributed by atoms with Crippen molar-refractivity contribution in [2.45, 2.75) is 25.7 Å². The van der Waals surface area contributed by atoms with Crippen molar-refractivity contribution >= 4 is 5.78 Å². The first-order valence-corrected chi connectivity index (χ1v) is 6.69. The average Bonchev–Trinajstić information content (AvgIpc) is 2.68. The summed E-state index contributed by atoms with van der Waals surface area (Å²) in [5.74, 6) is 0.580. The van der Waals surface area contributed by atoms with Gasteiger partial charge in [-0.25, -0.2) is 0 Å². The number of nitrogens with zero attached hydrogens (tertiary/aromatic N) is 1. The Bertz CT molecular complexity index is 421. The molecule has 1 heterocycles. The fourth-order valence-electron chi connectivity index (χ4n) is 3.12. The number of Topliss-reactive ketones (excluding diaryl/α,β-unsaturated/α-hetero) is 1. The Kier molecular flexibility index (Phi) is 2.98. The van der Waals surface area contributed by atoms with Gasteiger partial charge in [0.1, 0.15) is 0 Å². The summed E-state index contributed by atoms with van der Waals surface area (Å²) in [6.07, 6.45) is 4.91. The predicted octanol–water partition coefficient (Wildman–Crippen LogP) is 2.53. The fourth-order valence-corrected chi connectivity index (χ4v) is 3.12. The van der Waals surface area contributed by atoms with Crippen LogP contribution >= 0.6 is 0 Å². The second-order valence-electron chi connectivity index (χ2n) is 5.28. The molecule has 1 saturated heterocycles. The van der Waals surface area contributed by atoms with E-state index in [-0.39, 0.29) is 5.92 Å². The van der Waals surface area contributed by atoms with Crippen molar-refractivity contribution in [2.75, 3.05) is 19.6 Å². The number of piperidine rings is 1. The molecule has 0 radical (unpaired) electrons. The summed E-state index contributed by atoms with van der Waals surface area (Å²) < 4.78 is 0. The molecule has 0 amide bonds. The first-order chi connectivity index (χ1) is 8.34. The van der Waals surface area contributed by atoms with Crippen LogP contribution in [0.4, 0.5) is 0 Å². The summed E-state index contributed by atoms with van der Waals surface area (Å²) in [6.45, 7) is 3.33. The molecule has 1 aliphatic heterocycles. The van der Waals surface area contributed by atoms with Crippen LogP contribution in [-0.2, 0) is 6.42 Å². The zero-order valence-corrected chi connectivity index (χ0v) is 10.2. The van der Waals surface area contributed by atoms with Gasteiger partial charge < -0.3 is 4.90 Å². The van der Waals surface area contributed by atoms with E-state index in [4.69, 9.17) is 0 Å². The van der Waals surface area contributed by atoms with E-state index in [1.807, 2.05) is 18.2 Å². The minimum atomic E-state index is 0.213. The minimum Gasteiger partial charge on any atom is -0.303 e. The molecule has 3 rings (SSSR count). The zero-order valence-electron chi connectivity index (χ0n) is 10.2. The van der Waals surface area contributed by atoms with Gasteiger partial charge in [0.25, 0.3) is 0 Å². The zero-order chi connectivity index (χ0) is 11.7. The summed E-state index contributed by atoms with van der Waals surface area (Å²) in [4.78, 5) is 14.7. The summed E-state index contributed by atoms with van der Waals surface area (Å²) >= 11 is 0. The minimum absolute atomic E-state index is 0.213. The molecule has 2 nitrogen and oxygen atoms in total. The quantitative estimate of drug-likeness (QED) is 0.776. The molecular formula is C15H19NO. The predicted molar refractivity (Wildman–Crippen MR) is 68.3 cm³/mol. The Morgan fingerprint density at radius 1 is 1.12 bits per heavy atom. The molecule has 0 saturated carbocycles. The van der Waals surface area contributed by atoms with Crippen molar-refractivity contribution in [3.63, 3.8) is 0 Å². The van der Waals surface area contributed by atoms with Crippen LogP contribution in [0.25, 0.3) is 0 Å². The first kappa shape index (κ1) is 11.0. The van der Waals surface area contributed by atoms with Crippen molar-refractivity contribution in [3.05, 3.63) is 35.4 Å². The molecule has 0 unspecified atom stereocenters. The molecule has 1 atom stereocenters. The van der Waals surface area contributed by atoms with Gasteiger partial charge >= 0.3 is 0 Å². The van der Waals surface area contributed by atoms with Crippen LogP contribution in [0.3, 0.4) is 0 Å². The third kappa shape index (κ3) is 2.14. The molecule has 2 aliphatic rings. The monoisotopic (exact) mass is 229 g/mol. The van der Waals surface area contributed by atoms with Gasteiger partial charge in [-0.2, -0.15) is 0 Å². The number of rotatable bonds is 2. The number of hydrogen-bond donors (Lipinski definition) is 0. The maximum atomic E-state index is 12.2. The first-order valence-electron chi connectivity index (χ1n) is 6.69. The number of ketones is 1. The maximum absolute atomic E-state index is 12.2. The largest absolute Gasteiger partial charge is 0.303 e. The number of carbonyl (C=O) groups excluding carboxylic acids is 1. The third-order valence-corrected chi connectivity index (χ3v) is 4.05.